The van der Waals surface area contributed by atoms with Crippen molar-refractivity contribution in [1.29, 1.82) is 21.3 Å². The van der Waals surface area contributed by atoms with Crippen LogP contribution in [-0.2, 0) is 5.41 Å². The molecule has 6 nitrogen and oxygen atoms in total. The molecule has 1 aliphatic carbocycles. The van der Waals surface area contributed by atoms with Gasteiger partial charge in [0.25, 0.3) is 0 Å². The quantitative estimate of drug-likeness (QED) is 0.220. The minimum absolute atomic E-state index is 0.206. The summed E-state index contributed by atoms with van der Waals surface area (Å²) < 4.78 is 0. The van der Waals surface area contributed by atoms with Gasteiger partial charge in [0, 0.05) is 53.7 Å². The molecular formula is C29H24N6S4. The molecule has 0 radical (unpaired) electrons. The molecule has 0 fully saturated rings. The maximum atomic E-state index is 9.55. The molecule has 0 saturated heterocycles. The number of nitrogens with zero attached hydrogens (tertiary/aromatic N) is 4. The number of aromatic nitrogens is 2. The molecule has 194 valence electrons. The highest BCUT2D eigenvalue weighted by atomic mass is 32.1. The van der Waals surface area contributed by atoms with Crippen molar-refractivity contribution in [3.05, 3.63) is 83.0 Å². The zero-order valence-electron chi connectivity index (χ0n) is 21.5. The minimum atomic E-state index is -0.621. The molecule has 0 aromatic carbocycles. The van der Waals surface area contributed by atoms with Gasteiger partial charge in [-0.25, -0.2) is 9.97 Å². The molecule has 2 N–H and O–H groups in total. The molecule has 0 bridgehead atoms. The van der Waals surface area contributed by atoms with E-state index in [9.17, 15) is 10.5 Å². The van der Waals surface area contributed by atoms with Crippen molar-refractivity contribution in [2.75, 3.05) is 0 Å². The van der Waals surface area contributed by atoms with Gasteiger partial charge in [0.05, 0.1) is 22.6 Å². The summed E-state index contributed by atoms with van der Waals surface area (Å²) >= 11 is 5.88. The van der Waals surface area contributed by atoms with Gasteiger partial charge >= 0.3 is 0 Å². The number of hydrogen-bond donors (Lipinski definition) is 2. The summed E-state index contributed by atoms with van der Waals surface area (Å²) in [6.07, 6.45) is 9.64. The Morgan fingerprint density at radius 1 is 0.897 bits per heavy atom. The molecule has 0 aliphatic heterocycles. The maximum absolute atomic E-state index is 9.55. The molecule has 4 heterocycles. The van der Waals surface area contributed by atoms with E-state index in [0.29, 0.717) is 27.6 Å². The lowest BCUT2D eigenvalue weighted by molar-refractivity contribution is 0.662. The van der Waals surface area contributed by atoms with Crippen LogP contribution in [-0.4, -0.2) is 21.4 Å². The van der Waals surface area contributed by atoms with Gasteiger partial charge in [-0.05, 0) is 49.8 Å². The summed E-state index contributed by atoms with van der Waals surface area (Å²) in [5.74, 6) is 0. The molecule has 0 amide bonds. The Morgan fingerprint density at radius 3 is 2.00 bits per heavy atom. The standard InChI is InChI=1S/C27H18N6S4.C2H6/c1-27(22-5-3-19(37-22)13-17(15-29)26-33-9-11-35-26)7-6-20(23(30)24(27)31)21-4-2-18(36-21)12-16(14-28)25-32-8-10-34-25;1-2/h2-6,8-13,30-31H,7H2,1H3;1-2H3/b16-12+,17-13+,30-23?,31-24?;. The smallest absolute Gasteiger partial charge is 0.133 e. The van der Waals surface area contributed by atoms with Crippen molar-refractivity contribution in [2.24, 2.45) is 0 Å². The summed E-state index contributed by atoms with van der Waals surface area (Å²) in [5.41, 5.74) is 1.62. The maximum Gasteiger partial charge on any atom is 0.133 e. The highest BCUT2D eigenvalue weighted by Gasteiger charge is 2.39. The summed E-state index contributed by atoms with van der Waals surface area (Å²) in [6, 6.07) is 12.3. The first-order chi connectivity index (χ1) is 18.9. The summed E-state index contributed by atoms with van der Waals surface area (Å²) in [7, 11) is 0. The van der Waals surface area contributed by atoms with Crippen LogP contribution in [0.4, 0.5) is 0 Å². The Kier molecular flexibility index (Phi) is 8.95. The SMILES string of the molecule is CC.CC1(c2ccc(/C=C(\C#N)c3nccs3)s2)CC=C(c2ccc(/C=C(\C#N)c3nccs3)s2)C(=N)C1=N. The largest absolute Gasteiger partial charge is 0.302 e. The fourth-order valence-corrected chi connectivity index (χ4v) is 7.27. The normalized spacial score (nSPS) is 17.6. The van der Waals surface area contributed by atoms with Gasteiger partial charge in [-0.1, -0.05) is 19.9 Å². The van der Waals surface area contributed by atoms with Gasteiger partial charge in [-0.3, -0.25) is 5.41 Å². The van der Waals surface area contributed by atoms with Crippen LogP contribution < -0.4 is 0 Å². The fourth-order valence-electron chi connectivity index (χ4n) is 3.95. The fraction of sp³-hybridized carbons (Fsp3) is 0.172. The zero-order chi connectivity index (χ0) is 28.0. The van der Waals surface area contributed by atoms with Crippen LogP contribution in [0.1, 0.15) is 56.7 Å². The average molecular weight is 585 g/mol. The number of thiophene rings is 2. The molecule has 10 heteroatoms. The van der Waals surface area contributed by atoms with E-state index in [1.54, 1.807) is 12.4 Å². The van der Waals surface area contributed by atoms with E-state index in [4.69, 9.17) is 10.8 Å². The predicted octanol–water partition coefficient (Wildman–Crippen LogP) is 8.66. The van der Waals surface area contributed by atoms with Crippen molar-refractivity contribution in [2.45, 2.75) is 32.6 Å². The van der Waals surface area contributed by atoms with Crippen LogP contribution in [0.15, 0.2) is 53.5 Å². The Balaban J connectivity index is 0.00000172. The first-order valence-electron chi connectivity index (χ1n) is 12.1. The van der Waals surface area contributed by atoms with E-state index in [-0.39, 0.29) is 11.4 Å². The Hall–Kier alpha value is -3.80. The molecule has 5 rings (SSSR count). The molecule has 1 unspecified atom stereocenters. The van der Waals surface area contributed by atoms with E-state index in [2.05, 4.69) is 22.1 Å². The van der Waals surface area contributed by atoms with E-state index in [1.807, 2.05) is 74.0 Å². The number of thiazole rings is 2. The third-order valence-electron chi connectivity index (χ3n) is 5.99. The van der Waals surface area contributed by atoms with Crippen LogP contribution >= 0.6 is 45.3 Å². The monoisotopic (exact) mass is 584 g/mol. The highest BCUT2D eigenvalue weighted by Crippen LogP contribution is 2.42. The van der Waals surface area contributed by atoms with Gasteiger partial charge < -0.3 is 5.41 Å². The van der Waals surface area contributed by atoms with E-state index < -0.39 is 5.41 Å². The van der Waals surface area contributed by atoms with Crippen LogP contribution in [0.25, 0.3) is 28.9 Å². The molecule has 39 heavy (non-hydrogen) atoms. The number of nitrogens with one attached hydrogen (secondary N) is 2. The topological polar surface area (TPSA) is 121 Å². The molecule has 0 saturated carbocycles. The van der Waals surface area contributed by atoms with Crippen molar-refractivity contribution in [3.8, 4) is 12.1 Å². The van der Waals surface area contributed by atoms with Gasteiger partial charge in [0.15, 0.2) is 0 Å². The van der Waals surface area contributed by atoms with Crippen molar-refractivity contribution in [3.63, 3.8) is 0 Å². The second-order valence-electron chi connectivity index (χ2n) is 8.32. The van der Waals surface area contributed by atoms with E-state index in [0.717, 1.165) is 25.1 Å². The second kappa shape index (κ2) is 12.4. The van der Waals surface area contributed by atoms with Crippen molar-refractivity contribution < 1.29 is 0 Å². The van der Waals surface area contributed by atoms with E-state index in [1.165, 1.54) is 45.3 Å². The minimum Gasteiger partial charge on any atom is -0.302 e. The van der Waals surface area contributed by atoms with Gasteiger partial charge in [0.2, 0.25) is 0 Å². The van der Waals surface area contributed by atoms with Gasteiger partial charge in [-0.15, -0.1) is 45.3 Å². The first-order valence-corrected chi connectivity index (χ1v) is 15.4. The van der Waals surface area contributed by atoms with Crippen LogP contribution in [0.2, 0.25) is 0 Å². The second-order valence-corrected chi connectivity index (χ2v) is 12.3. The van der Waals surface area contributed by atoms with Gasteiger partial charge in [0.1, 0.15) is 22.2 Å². The summed E-state index contributed by atoms with van der Waals surface area (Å²) in [6.45, 7) is 6.00. The summed E-state index contributed by atoms with van der Waals surface area (Å²) in [5, 5.41) is 41.9. The molecule has 4 aromatic rings. The molecule has 0 spiro atoms. The molecule has 1 atom stereocenters. The molecular weight excluding hydrogens is 561 g/mol. The number of hydrogen-bond acceptors (Lipinski definition) is 10. The van der Waals surface area contributed by atoms with Gasteiger partial charge in [-0.2, -0.15) is 10.5 Å². The Morgan fingerprint density at radius 2 is 1.46 bits per heavy atom. The average Bonchev–Trinajstić information content (AvgIpc) is 3.78. The zero-order valence-corrected chi connectivity index (χ0v) is 24.7. The number of rotatable bonds is 6. The number of allylic oxidation sites excluding steroid dienone is 4. The first kappa shape index (κ1) is 28.2. The summed E-state index contributed by atoms with van der Waals surface area (Å²) in [4.78, 5) is 12.2. The van der Waals surface area contributed by atoms with Crippen LogP contribution in [0.3, 0.4) is 0 Å². The number of nitriles is 2. The Bertz CT molecular complexity index is 1670. The Labute approximate surface area is 243 Å². The lowest BCUT2D eigenvalue weighted by Crippen LogP contribution is -2.39. The van der Waals surface area contributed by atoms with Crippen LogP contribution in [0, 0.1) is 33.5 Å². The van der Waals surface area contributed by atoms with E-state index >= 15 is 0 Å². The van der Waals surface area contributed by atoms with Crippen LogP contribution in [0.5, 0.6) is 0 Å². The lowest BCUT2D eigenvalue weighted by Gasteiger charge is -2.33. The highest BCUT2D eigenvalue weighted by molar-refractivity contribution is 7.15. The third-order valence-corrected chi connectivity index (χ3v) is 9.96. The third kappa shape index (κ3) is 5.80. The predicted molar refractivity (Wildman–Crippen MR) is 167 cm³/mol. The molecule has 4 aromatic heterocycles. The van der Waals surface area contributed by atoms with Crippen molar-refractivity contribution in [1.82, 2.24) is 9.97 Å². The van der Waals surface area contributed by atoms with Crippen molar-refractivity contribution >= 4 is 85.6 Å². The molecule has 1 aliphatic rings. The lowest BCUT2D eigenvalue weighted by atomic mass is 9.72.